The Kier molecular flexibility index (Phi) is 4.11. The molecule has 0 unspecified atom stereocenters. The summed E-state index contributed by atoms with van der Waals surface area (Å²) >= 11 is 12.0. The highest BCUT2D eigenvalue weighted by Crippen LogP contribution is 2.65. The maximum absolute atomic E-state index is 13.4. The second-order valence-electron chi connectivity index (χ2n) is 8.65. The molecule has 5 nitrogen and oxygen atoms in total. The molecule has 7 rings (SSSR count). The van der Waals surface area contributed by atoms with Gasteiger partial charge in [-0.1, -0.05) is 47.5 Å². The van der Waals surface area contributed by atoms with Crippen LogP contribution in [0.4, 0.5) is 5.69 Å². The standard InChI is InChI=1S/C24H17Cl2NO4/c25-11-5-6-14(17(26)9-11)24(30)31-19-4-2-1-3-18(19)27-22(28)20-12-7-8-13(16-10-15(12)16)21(20)23(27)29/h1-9,12-13,15-16,20-21H,10H2/t12-,13-,15-,16-,20+,21+/m1/s1. The number of imide groups is 1. The summed E-state index contributed by atoms with van der Waals surface area (Å²) < 4.78 is 5.59. The lowest BCUT2D eigenvalue weighted by atomic mass is 9.63. The molecule has 2 amide bonds. The number of benzene rings is 2. The zero-order valence-corrected chi connectivity index (χ0v) is 17.7. The molecule has 3 fully saturated rings. The Balaban J connectivity index is 1.33. The molecule has 0 spiro atoms. The molecule has 1 saturated heterocycles. The first-order chi connectivity index (χ1) is 15.0. The number of hydrogen-bond donors (Lipinski definition) is 0. The number of esters is 1. The van der Waals surface area contributed by atoms with E-state index in [0.717, 1.165) is 6.42 Å². The normalized spacial score (nSPS) is 32.1. The van der Waals surface area contributed by atoms with E-state index in [2.05, 4.69) is 12.2 Å². The number of nitrogens with zero attached hydrogens (tertiary/aromatic N) is 1. The molecule has 2 aromatic rings. The van der Waals surface area contributed by atoms with Gasteiger partial charge in [0.25, 0.3) is 0 Å². The molecule has 156 valence electrons. The number of carbonyl (C=O) groups excluding carboxylic acids is 3. The number of halogens is 2. The molecule has 0 N–H and O–H groups in total. The molecular weight excluding hydrogens is 437 g/mol. The van der Waals surface area contributed by atoms with Crippen LogP contribution in [0.25, 0.3) is 0 Å². The number of allylic oxidation sites excluding steroid dienone is 2. The van der Waals surface area contributed by atoms with Gasteiger partial charge in [0, 0.05) is 5.02 Å². The van der Waals surface area contributed by atoms with E-state index >= 15 is 0 Å². The molecule has 1 aliphatic heterocycles. The molecule has 1 heterocycles. The Bertz CT molecular complexity index is 1160. The summed E-state index contributed by atoms with van der Waals surface area (Å²) in [5.41, 5.74) is 0.439. The summed E-state index contributed by atoms with van der Waals surface area (Å²) in [4.78, 5) is 40.8. The van der Waals surface area contributed by atoms with Gasteiger partial charge in [-0.05, 0) is 60.4 Å². The lowest BCUT2D eigenvalue weighted by Crippen LogP contribution is -2.40. The summed E-state index contributed by atoms with van der Waals surface area (Å²) in [5, 5.41) is 0.565. The average molecular weight is 454 g/mol. The number of anilines is 1. The molecule has 2 bridgehead atoms. The maximum atomic E-state index is 13.4. The lowest BCUT2D eigenvalue weighted by Gasteiger charge is -2.37. The number of rotatable bonds is 3. The van der Waals surface area contributed by atoms with Crippen molar-refractivity contribution in [1.29, 1.82) is 0 Å². The summed E-state index contributed by atoms with van der Waals surface area (Å²) in [5.74, 6) is -0.283. The maximum Gasteiger partial charge on any atom is 0.345 e. The molecule has 0 aromatic heterocycles. The fourth-order valence-corrected chi connectivity index (χ4v) is 6.22. The van der Waals surface area contributed by atoms with Crippen LogP contribution in [0.1, 0.15) is 16.8 Å². The third-order valence-electron chi connectivity index (χ3n) is 7.12. The van der Waals surface area contributed by atoms with Gasteiger partial charge in [0.1, 0.15) is 0 Å². The number of carbonyl (C=O) groups is 3. The van der Waals surface area contributed by atoms with Crippen molar-refractivity contribution in [2.45, 2.75) is 6.42 Å². The van der Waals surface area contributed by atoms with E-state index in [9.17, 15) is 14.4 Å². The summed E-state index contributed by atoms with van der Waals surface area (Å²) in [6.45, 7) is 0. The van der Waals surface area contributed by atoms with Crippen molar-refractivity contribution in [3.63, 3.8) is 0 Å². The number of amides is 2. The van der Waals surface area contributed by atoms with E-state index in [0.29, 0.717) is 22.5 Å². The van der Waals surface area contributed by atoms with E-state index in [1.165, 1.54) is 17.0 Å². The van der Waals surface area contributed by atoms with E-state index in [1.807, 2.05) is 0 Å². The van der Waals surface area contributed by atoms with Gasteiger partial charge in [-0.2, -0.15) is 0 Å². The molecule has 0 radical (unpaired) electrons. The number of hydrogen-bond acceptors (Lipinski definition) is 4. The number of ether oxygens (including phenoxy) is 1. The molecule has 31 heavy (non-hydrogen) atoms. The second-order valence-corrected chi connectivity index (χ2v) is 9.49. The van der Waals surface area contributed by atoms with Crippen LogP contribution in [-0.4, -0.2) is 17.8 Å². The fraction of sp³-hybridized carbons (Fsp3) is 0.292. The predicted octanol–water partition coefficient (Wildman–Crippen LogP) is 4.77. The van der Waals surface area contributed by atoms with Crippen molar-refractivity contribution in [3.8, 4) is 5.75 Å². The third kappa shape index (κ3) is 2.73. The Labute approximate surface area is 188 Å². The van der Waals surface area contributed by atoms with Crippen molar-refractivity contribution in [2.75, 3.05) is 4.90 Å². The Morgan fingerprint density at radius 1 is 0.935 bits per heavy atom. The van der Waals surface area contributed by atoms with Crippen LogP contribution >= 0.6 is 23.2 Å². The van der Waals surface area contributed by atoms with Gasteiger partial charge in [-0.25, -0.2) is 9.69 Å². The third-order valence-corrected chi connectivity index (χ3v) is 7.67. The van der Waals surface area contributed by atoms with E-state index < -0.39 is 5.97 Å². The van der Waals surface area contributed by atoms with Crippen LogP contribution in [0.5, 0.6) is 5.75 Å². The van der Waals surface area contributed by atoms with Crippen molar-refractivity contribution < 1.29 is 19.1 Å². The highest BCUT2D eigenvalue weighted by atomic mass is 35.5. The molecule has 5 aliphatic rings. The zero-order chi connectivity index (χ0) is 21.4. The monoisotopic (exact) mass is 453 g/mol. The van der Waals surface area contributed by atoms with E-state index in [-0.39, 0.29) is 51.8 Å². The van der Waals surface area contributed by atoms with Gasteiger partial charge >= 0.3 is 5.97 Å². The first-order valence-corrected chi connectivity index (χ1v) is 11.0. The van der Waals surface area contributed by atoms with Gasteiger partial charge in [0.05, 0.1) is 28.1 Å². The van der Waals surface area contributed by atoms with Gasteiger partial charge in [-0.3, -0.25) is 9.59 Å². The van der Waals surface area contributed by atoms with Crippen LogP contribution in [0.2, 0.25) is 10.0 Å². The molecular formula is C24H17Cl2NO4. The molecule has 2 aromatic carbocycles. The van der Waals surface area contributed by atoms with Crippen LogP contribution < -0.4 is 9.64 Å². The fourth-order valence-electron chi connectivity index (χ4n) is 5.73. The van der Waals surface area contributed by atoms with Crippen LogP contribution in [0.15, 0.2) is 54.6 Å². The summed E-state index contributed by atoms with van der Waals surface area (Å²) in [7, 11) is 0. The molecule has 4 aliphatic carbocycles. The van der Waals surface area contributed by atoms with Gasteiger partial charge in [0.15, 0.2) is 5.75 Å². The van der Waals surface area contributed by atoms with Crippen molar-refractivity contribution >= 4 is 46.7 Å². The lowest BCUT2D eigenvalue weighted by molar-refractivity contribution is -0.124. The van der Waals surface area contributed by atoms with Crippen LogP contribution in [0.3, 0.4) is 0 Å². The quantitative estimate of drug-likeness (QED) is 0.290. The summed E-state index contributed by atoms with van der Waals surface area (Å²) in [6.07, 6.45) is 5.36. The largest absolute Gasteiger partial charge is 0.421 e. The Morgan fingerprint density at radius 2 is 1.58 bits per heavy atom. The van der Waals surface area contributed by atoms with E-state index in [4.69, 9.17) is 27.9 Å². The SMILES string of the molecule is O=C(Oc1ccccc1N1C(=O)[C@H]2[C@@H]3C=C[C@H]([C@H]4C[C@H]34)[C@@H]2C1=O)c1ccc(Cl)cc1Cl. The minimum Gasteiger partial charge on any atom is -0.421 e. The average Bonchev–Trinajstić information content (AvgIpc) is 3.52. The van der Waals surface area contributed by atoms with E-state index in [1.54, 1.807) is 30.3 Å². The minimum absolute atomic E-state index is 0.129. The smallest absolute Gasteiger partial charge is 0.345 e. The zero-order valence-electron chi connectivity index (χ0n) is 16.2. The van der Waals surface area contributed by atoms with Crippen molar-refractivity contribution in [2.24, 2.45) is 35.5 Å². The minimum atomic E-state index is -0.686. The van der Waals surface area contributed by atoms with Gasteiger partial charge < -0.3 is 4.74 Å². The summed E-state index contributed by atoms with van der Waals surface area (Å²) in [6, 6.07) is 11.1. The van der Waals surface area contributed by atoms with Crippen molar-refractivity contribution in [3.05, 3.63) is 70.2 Å². The first kappa shape index (κ1) is 19.1. The Hall–Kier alpha value is -2.63. The second kappa shape index (κ2) is 6.68. The van der Waals surface area contributed by atoms with Gasteiger partial charge in [0.2, 0.25) is 11.8 Å². The van der Waals surface area contributed by atoms with Crippen LogP contribution in [-0.2, 0) is 9.59 Å². The predicted molar refractivity (Wildman–Crippen MR) is 115 cm³/mol. The first-order valence-electron chi connectivity index (χ1n) is 10.3. The number of para-hydroxylation sites is 2. The van der Waals surface area contributed by atoms with Crippen molar-refractivity contribution in [1.82, 2.24) is 0 Å². The Morgan fingerprint density at radius 3 is 2.23 bits per heavy atom. The highest BCUT2D eigenvalue weighted by Gasteiger charge is 2.67. The molecule has 6 atom stereocenters. The topological polar surface area (TPSA) is 63.7 Å². The van der Waals surface area contributed by atoms with Gasteiger partial charge in [-0.15, -0.1) is 0 Å². The molecule has 2 saturated carbocycles. The highest BCUT2D eigenvalue weighted by molar-refractivity contribution is 6.36. The van der Waals surface area contributed by atoms with Crippen LogP contribution in [0, 0.1) is 35.5 Å². The molecule has 7 heteroatoms.